The molecule has 2 fully saturated rings. The fourth-order valence-corrected chi connectivity index (χ4v) is 4.58. The van der Waals surface area contributed by atoms with Crippen LogP contribution in [0, 0.1) is 5.92 Å². The first-order valence-electron chi connectivity index (χ1n) is 11.8. The zero-order valence-corrected chi connectivity index (χ0v) is 19.6. The Hall–Kier alpha value is -2.32. The highest BCUT2D eigenvalue weighted by Crippen LogP contribution is 2.20. The van der Waals surface area contributed by atoms with Crippen LogP contribution in [0.15, 0.2) is 29.3 Å². The number of piperidine rings is 1. The molecule has 8 heteroatoms. The van der Waals surface area contributed by atoms with E-state index in [4.69, 9.17) is 15.2 Å². The van der Waals surface area contributed by atoms with Gasteiger partial charge in [0.15, 0.2) is 5.96 Å². The fraction of sp³-hybridized carbons (Fsp3) is 0.667. The summed E-state index contributed by atoms with van der Waals surface area (Å²) in [5.41, 5.74) is 6.54. The lowest BCUT2D eigenvalue weighted by Crippen LogP contribution is -2.46. The Kier molecular flexibility index (Phi) is 9.62. The quantitative estimate of drug-likeness (QED) is 0.445. The van der Waals surface area contributed by atoms with Crippen LogP contribution in [-0.4, -0.2) is 81.3 Å². The number of aliphatic imine (C=N–C) groups is 1. The molecule has 0 aliphatic carbocycles. The van der Waals surface area contributed by atoms with E-state index < -0.39 is 0 Å². The third kappa shape index (κ3) is 7.67. The van der Waals surface area contributed by atoms with Gasteiger partial charge in [-0.1, -0.05) is 12.1 Å². The van der Waals surface area contributed by atoms with Crippen LogP contribution in [-0.2, 0) is 16.1 Å². The predicted octanol–water partition coefficient (Wildman–Crippen LogP) is 1.84. The molecule has 1 atom stereocenters. The van der Waals surface area contributed by atoms with Crippen molar-refractivity contribution in [2.75, 3.05) is 53.6 Å². The van der Waals surface area contributed by atoms with E-state index in [2.05, 4.69) is 39.3 Å². The van der Waals surface area contributed by atoms with Crippen LogP contribution in [0.3, 0.4) is 0 Å². The predicted molar refractivity (Wildman–Crippen MR) is 127 cm³/mol. The van der Waals surface area contributed by atoms with E-state index in [-0.39, 0.29) is 5.91 Å². The second-order valence-electron chi connectivity index (χ2n) is 8.85. The highest BCUT2D eigenvalue weighted by atomic mass is 16.5. The molecule has 3 rings (SSSR count). The Morgan fingerprint density at radius 1 is 1.34 bits per heavy atom. The largest absolute Gasteiger partial charge is 0.492 e. The van der Waals surface area contributed by atoms with E-state index in [1.807, 2.05) is 12.1 Å². The lowest BCUT2D eigenvalue weighted by Gasteiger charge is -2.34. The Morgan fingerprint density at radius 3 is 2.91 bits per heavy atom. The van der Waals surface area contributed by atoms with Crippen molar-refractivity contribution in [3.8, 4) is 5.75 Å². The molecule has 1 amide bonds. The lowest BCUT2D eigenvalue weighted by molar-refractivity contribution is -0.119. The summed E-state index contributed by atoms with van der Waals surface area (Å²) in [6.07, 6.45) is 4.72. The summed E-state index contributed by atoms with van der Waals surface area (Å²) in [5, 5.41) is 3.46. The first-order chi connectivity index (χ1) is 15.5. The molecule has 2 aliphatic rings. The smallest absolute Gasteiger partial charge is 0.217 e. The maximum absolute atomic E-state index is 11.3. The van der Waals surface area contributed by atoms with E-state index in [0.29, 0.717) is 31.5 Å². The number of likely N-dealkylation sites (tertiary alicyclic amines) is 1. The van der Waals surface area contributed by atoms with Crippen molar-refractivity contribution in [1.29, 1.82) is 0 Å². The highest BCUT2D eigenvalue weighted by molar-refractivity contribution is 5.80. The van der Waals surface area contributed by atoms with Crippen molar-refractivity contribution >= 4 is 11.9 Å². The molecule has 1 aromatic rings. The fourth-order valence-electron chi connectivity index (χ4n) is 4.58. The third-order valence-corrected chi connectivity index (χ3v) is 6.40. The second kappa shape index (κ2) is 12.6. The summed E-state index contributed by atoms with van der Waals surface area (Å²) in [6.45, 7) is 5.71. The van der Waals surface area contributed by atoms with Crippen molar-refractivity contribution in [1.82, 2.24) is 15.1 Å². The van der Waals surface area contributed by atoms with E-state index in [0.717, 1.165) is 75.8 Å². The molecule has 0 radical (unpaired) electrons. The molecular weight excluding hydrogens is 406 g/mol. The molecule has 32 heavy (non-hydrogen) atoms. The maximum atomic E-state index is 11.3. The number of nitrogens with zero attached hydrogens (tertiary/aromatic N) is 3. The van der Waals surface area contributed by atoms with Gasteiger partial charge in [0.25, 0.3) is 0 Å². The SMILES string of the molecule is CN=C(NCc1cccc(OCCN(C)C2CCOCC2)c1)N1CCCC(CC(N)=O)C1. The number of primary amides is 1. The lowest BCUT2D eigenvalue weighted by atomic mass is 9.95. The van der Waals surface area contributed by atoms with Crippen LogP contribution >= 0.6 is 0 Å². The topological polar surface area (TPSA) is 92.4 Å². The molecule has 8 nitrogen and oxygen atoms in total. The van der Waals surface area contributed by atoms with Gasteiger partial charge in [0.1, 0.15) is 12.4 Å². The van der Waals surface area contributed by atoms with Crippen LogP contribution in [0.2, 0.25) is 0 Å². The molecule has 0 aromatic heterocycles. The van der Waals surface area contributed by atoms with Gasteiger partial charge in [-0.3, -0.25) is 14.7 Å². The van der Waals surface area contributed by atoms with E-state index in [1.54, 1.807) is 7.05 Å². The van der Waals surface area contributed by atoms with Gasteiger partial charge in [-0.15, -0.1) is 0 Å². The monoisotopic (exact) mass is 445 g/mol. The standard InChI is InChI=1S/C24H39N5O3/c1-26-24(29-10-4-6-20(18-29)16-23(25)30)27-17-19-5-3-7-22(15-19)32-14-11-28(2)21-8-12-31-13-9-21/h3,5,7,15,20-21H,4,6,8-14,16-18H2,1-2H3,(H2,25,30)(H,26,27). The van der Waals surface area contributed by atoms with Crippen LogP contribution in [0.1, 0.15) is 37.7 Å². The molecular formula is C24H39N5O3. The minimum Gasteiger partial charge on any atom is -0.492 e. The molecule has 2 heterocycles. The summed E-state index contributed by atoms with van der Waals surface area (Å²) in [7, 11) is 3.97. The zero-order valence-electron chi connectivity index (χ0n) is 19.6. The Balaban J connectivity index is 1.44. The van der Waals surface area contributed by atoms with Crippen LogP contribution in [0.4, 0.5) is 0 Å². The van der Waals surface area contributed by atoms with Crippen LogP contribution < -0.4 is 15.8 Å². The number of hydrogen-bond acceptors (Lipinski definition) is 5. The molecule has 1 aromatic carbocycles. The van der Waals surface area contributed by atoms with Gasteiger partial charge in [-0.2, -0.15) is 0 Å². The van der Waals surface area contributed by atoms with Crippen molar-refractivity contribution in [3.63, 3.8) is 0 Å². The Labute approximate surface area is 192 Å². The number of ether oxygens (including phenoxy) is 2. The highest BCUT2D eigenvalue weighted by Gasteiger charge is 2.23. The number of likely N-dealkylation sites (N-methyl/N-ethyl adjacent to an activating group) is 1. The molecule has 2 aliphatic heterocycles. The van der Waals surface area contributed by atoms with E-state index >= 15 is 0 Å². The van der Waals surface area contributed by atoms with Crippen LogP contribution in [0.25, 0.3) is 0 Å². The normalized spacial score (nSPS) is 20.4. The van der Waals surface area contributed by atoms with Crippen molar-refractivity contribution in [2.24, 2.45) is 16.6 Å². The molecule has 0 spiro atoms. The number of nitrogens with one attached hydrogen (secondary N) is 1. The van der Waals surface area contributed by atoms with Gasteiger partial charge in [-0.25, -0.2) is 0 Å². The van der Waals surface area contributed by atoms with Gasteiger partial charge in [0, 0.05) is 58.9 Å². The molecule has 2 saturated heterocycles. The number of rotatable bonds is 9. The average Bonchev–Trinajstić information content (AvgIpc) is 2.80. The Morgan fingerprint density at radius 2 is 2.16 bits per heavy atom. The number of benzene rings is 1. The number of nitrogens with two attached hydrogens (primary N) is 1. The first kappa shape index (κ1) is 24.3. The zero-order chi connectivity index (χ0) is 22.8. The molecule has 0 saturated carbocycles. The van der Waals surface area contributed by atoms with Gasteiger partial charge < -0.3 is 25.4 Å². The minimum atomic E-state index is -0.226. The number of carbonyl (C=O) groups excluding carboxylic acids is 1. The van der Waals surface area contributed by atoms with Gasteiger partial charge in [-0.05, 0) is 56.3 Å². The molecule has 0 bridgehead atoms. The number of carbonyl (C=O) groups is 1. The molecule has 178 valence electrons. The second-order valence-corrected chi connectivity index (χ2v) is 8.85. The average molecular weight is 446 g/mol. The number of guanidine groups is 1. The van der Waals surface area contributed by atoms with E-state index in [1.165, 1.54) is 0 Å². The summed E-state index contributed by atoms with van der Waals surface area (Å²) >= 11 is 0. The summed E-state index contributed by atoms with van der Waals surface area (Å²) in [6, 6.07) is 8.80. The summed E-state index contributed by atoms with van der Waals surface area (Å²) in [4.78, 5) is 20.3. The van der Waals surface area contributed by atoms with Crippen LogP contribution in [0.5, 0.6) is 5.75 Å². The summed E-state index contributed by atoms with van der Waals surface area (Å²) < 4.78 is 11.5. The molecule has 3 N–H and O–H groups in total. The third-order valence-electron chi connectivity index (χ3n) is 6.40. The van der Waals surface area contributed by atoms with E-state index in [9.17, 15) is 4.79 Å². The van der Waals surface area contributed by atoms with Gasteiger partial charge in [0.05, 0.1) is 0 Å². The summed E-state index contributed by atoms with van der Waals surface area (Å²) in [5.74, 6) is 1.83. The van der Waals surface area contributed by atoms with Crippen molar-refractivity contribution in [2.45, 2.75) is 44.7 Å². The van der Waals surface area contributed by atoms with Gasteiger partial charge >= 0.3 is 0 Å². The minimum absolute atomic E-state index is 0.226. The van der Waals surface area contributed by atoms with Gasteiger partial charge in [0.2, 0.25) is 5.91 Å². The number of hydrogen-bond donors (Lipinski definition) is 2. The number of amides is 1. The van der Waals surface area contributed by atoms with Crippen molar-refractivity contribution in [3.05, 3.63) is 29.8 Å². The van der Waals surface area contributed by atoms with Crippen molar-refractivity contribution < 1.29 is 14.3 Å². The Bertz CT molecular complexity index is 751. The first-order valence-corrected chi connectivity index (χ1v) is 11.8. The molecule has 1 unspecified atom stereocenters. The maximum Gasteiger partial charge on any atom is 0.217 e.